The van der Waals surface area contributed by atoms with Gasteiger partial charge in [0.05, 0.1) is 0 Å². The molecule has 2 N–H and O–H groups in total. The molecule has 0 aliphatic rings. The van der Waals surface area contributed by atoms with E-state index in [4.69, 9.17) is 27.8 Å². The van der Waals surface area contributed by atoms with Gasteiger partial charge in [-0.1, -0.05) is 29.8 Å². The van der Waals surface area contributed by atoms with E-state index >= 15 is 0 Å². The first-order valence-electron chi connectivity index (χ1n) is 12.7. The van der Waals surface area contributed by atoms with Crippen LogP contribution < -0.4 is 11.3 Å². The minimum absolute atomic E-state index is 0.0469. The van der Waals surface area contributed by atoms with Gasteiger partial charge >= 0.3 is 11.3 Å². The van der Waals surface area contributed by atoms with Crippen LogP contribution in [-0.2, 0) is 25.4 Å². The Morgan fingerprint density at radius 3 is 1.59 bits per heavy atom. The molecule has 0 saturated heterocycles. The van der Waals surface area contributed by atoms with Gasteiger partial charge in [-0.25, -0.2) is 9.59 Å². The van der Waals surface area contributed by atoms with Crippen LogP contribution in [-0.4, -0.2) is 68.1 Å². The number of ether oxygens (including phenoxy) is 4. The van der Waals surface area contributed by atoms with Gasteiger partial charge in [0, 0.05) is 64.7 Å². The third-order valence-electron chi connectivity index (χ3n) is 5.70. The van der Waals surface area contributed by atoms with Crippen molar-refractivity contribution in [1.29, 1.82) is 0 Å². The van der Waals surface area contributed by atoms with Gasteiger partial charge < -0.3 is 38.0 Å². The van der Waals surface area contributed by atoms with Crippen molar-refractivity contribution in [2.75, 3.05) is 33.8 Å². The number of rotatable bonds is 13. The predicted octanol–water partition coefficient (Wildman–Crippen LogP) is 4.55. The van der Waals surface area contributed by atoms with Crippen LogP contribution in [0.4, 0.5) is 0 Å². The predicted molar refractivity (Wildman–Crippen MR) is 154 cm³/mol. The fourth-order valence-corrected chi connectivity index (χ4v) is 3.75. The fourth-order valence-electron chi connectivity index (χ4n) is 3.37. The van der Waals surface area contributed by atoms with E-state index < -0.39 is 22.8 Å². The Morgan fingerprint density at radius 1 is 0.805 bits per heavy atom. The lowest BCUT2D eigenvalue weighted by atomic mass is 10.0. The van der Waals surface area contributed by atoms with Crippen LogP contribution in [0.1, 0.15) is 85.1 Å². The maximum Gasteiger partial charge on any atom is 0.350 e. The van der Waals surface area contributed by atoms with E-state index in [1.807, 2.05) is 6.92 Å². The van der Waals surface area contributed by atoms with Gasteiger partial charge in [-0.3, -0.25) is 9.59 Å². The first-order chi connectivity index (χ1) is 19.3. The lowest BCUT2D eigenvalue weighted by Gasteiger charge is -2.16. The number of methoxy groups -OCH3 is 4. The summed E-state index contributed by atoms with van der Waals surface area (Å²) in [6, 6.07) is 2.61. The van der Waals surface area contributed by atoms with Gasteiger partial charge in [0.1, 0.15) is 34.1 Å². The van der Waals surface area contributed by atoms with E-state index in [1.54, 1.807) is 35.4 Å². The average Bonchev–Trinajstić information content (AvgIpc) is 2.91. The van der Waals surface area contributed by atoms with Gasteiger partial charge in [-0.05, 0) is 26.7 Å². The fraction of sp³-hybridized carbons (Fsp3) is 0.571. The van der Waals surface area contributed by atoms with E-state index in [2.05, 4.69) is 15.9 Å². The van der Waals surface area contributed by atoms with Gasteiger partial charge in [-0.15, -0.1) is 0 Å². The molecular weight excluding hydrogens is 608 g/mol. The number of aromatic hydroxyl groups is 2. The number of ketones is 2. The number of carbonyl (C=O) groups excluding carboxylic acids is 2. The standard InChI is InChI=1S/C14H20O6.C9H10O4.C5H11BrO2/c1-8(5-6-12(18-3)19-4)11-7-10(16)13(9(2)15)14(17)20-11;1-3-6-4-7(11)8(5(2)10)9(12)13-6;1-7-5(8-2)3-4-6/h7-8,12,16H,5-6H2,1-4H3;4,11H,3H2,1-2H3;5H,3-4H2,1-2H3. The van der Waals surface area contributed by atoms with E-state index in [0.717, 1.165) is 11.8 Å². The SMILES string of the molecule is CCc1cc(O)c(C(C)=O)c(=O)o1.COC(CCBr)OC.COC(CCC(C)c1cc(O)c(C(C)=O)c(=O)o1)OC. The highest BCUT2D eigenvalue weighted by Crippen LogP contribution is 2.25. The highest BCUT2D eigenvalue weighted by molar-refractivity contribution is 9.09. The number of carbonyl (C=O) groups is 2. The third kappa shape index (κ3) is 13.1. The van der Waals surface area contributed by atoms with Crippen molar-refractivity contribution in [3.63, 3.8) is 0 Å². The van der Waals surface area contributed by atoms with Crippen LogP contribution in [0.2, 0.25) is 0 Å². The van der Waals surface area contributed by atoms with E-state index in [1.165, 1.54) is 26.0 Å². The Balaban J connectivity index is 0.000000652. The Labute approximate surface area is 247 Å². The minimum Gasteiger partial charge on any atom is -0.507 e. The van der Waals surface area contributed by atoms with Crippen molar-refractivity contribution in [2.24, 2.45) is 0 Å². The van der Waals surface area contributed by atoms with Crippen molar-refractivity contribution in [2.45, 2.75) is 71.9 Å². The molecule has 12 nitrogen and oxygen atoms in total. The number of halogens is 1. The van der Waals surface area contributed by atoms with E-state index in [9.17, 15) is 29.4 Å². The number of alkyl halides is 1. The largest absolute Gasteiger partial charge is 0.507 e. The normalized spacial score (nSPS) is 11.4. The summed E-state index contributed by atoms with van der Waals surface area (Å²) in [6.07, 6.45) is 2.29. The Kier molecular flexibility index (Phi) is 18.7. The molecule has 0 aromatic carbocycles. The molecule has 41 heavy (non-hydrogen) atoms. The summed E-state index contributed by atoms with van der Waals surface area (Å²) in [5.74, 6) is -1.06. The lowest BCUT2D eigenvalue weighted by Crippen LogP contribution is -2.16. The van der Waals surface area contributed by atoms with Gasteiger partial charge in [-0.2, -0.15) is 0 Å². The molecule has 0 fully saturated rings. The van der Waals surface area contributed by atoms with Crippen LogP contribution in [0.3, 0.4) is 0 Å². The molecule has 0 bridgehead atoms. The molecule has 0 amide bonds. The molecule has 1 atom stereocenters. The first kappa shape index (κ1) is 38.2. The maximum atomic E-state index is 11.7. The molecular formula is C28H41BrO12. The molecule has 0 saturated carbocycles. The van der Waals surface area contributed by atoms with E-state index in [-0.39, 0.29) is 41.1 Å². The Bertz CT molecular complexity index is 1200. The van der Waals surface area contributed by atoms with Crippen molar-refractivity contribution in [3.05, 3.63) is 55.6 Å². The second-order valence-corrected chi connectivity index (χ2v) is 9.47. The minimum atomic E-state index is -0.811. The molecule has 1 unspecified atom stereocenters. The Morgan fingerprint density at radius 2 is 1.24 bits per heavy atom. The summed E-state index contributed by atoms with van der Waals surface area (Å²) in [6.45, 7) is 6.05. The van der Waals surface area contributed by atoms with Gasteiger partial charge in [0.2, 0.25) is 0 Å². The second kappa shape index (κ2) is 20.1. The lowest BCUT2D eigenvalue weighted by molar-refractivity contribution is -0.107. The van der Waals surface area contributed by atoms with Crippen LogP contribution in [0.15, 0.2) is 30.6 Å². The second-order valence-electron chi connectivity index (χ2n) is 8.68. The van der Waals surface area contributed by atoms with Crippen molar-refractivity contribution in [1.82, 2.24) is 0 Å². The highest BCUT2D eigenvalue weighted by Gasteiger charge is 2.19. The summed E-state index contributed by atoms with van der Waals surface area (Å²) in [5, 5.41) is 19.9. The Hall–Kier alpha value is -2.84. The zero-order valence-corrected chi connectivity index (χ0v) is 26.4. The summed E-state index contributed by atoms with van der Waals surface area (Å²) in [5.41, 5.74) is -2.18. The number of hydrogen-bond acceptors (Lipinski definition) is 12. The third-order valence-corrected chi connectivity index (χ3v) is 6.16. The van der Waals surface area contributed by atoms with Crippen LogP contribution in [0.5, 0.6) is 11.5 Å². The van der Waals surface area contributed by atoms with Crippen LogP contribution >= 0.6 is 15.9 Å². The quantitative estimate of drug-likeness (QED) is 0.176. The monoisotopic (exact) mass is 648 g/mol. The van der Waals surface area contributed by atoms with E-state index in [0.29, 0.717) is 30.8 Å². The van der Waals surface area contributed by atoms with Gasteiger partial charge in [0.15, 0.2) is 24.1 Å². The number of aryl methyl sites for hydroxylation is 1. The molecule has 2 aromatic heterocycles. The highest BCUT2D eigenvalue weighted by atomic mass is 79.9. The van der Waals surface area contributed by atoms with Crippen molar-refractivity contribution < 1.29 is 47.6 Å². The number of Topliss-reactive ketones (excluding diaryl/α,β-unsaturated/α-hetero) is 2. The number of hydrogen-bond donors (Lipinski definition) is 2. The molecule has 0 spiro atoms. The van der Waals surface area contributed by atoms with Crippen LogP contribution in [0.25, 0.3) is 0 Å². The summed E-state index contributed by atoms with van der Waals surface area (Å²) >= 11 is 3.27. The summed E-state index contributed by atoms with van der Waals surface area (Å²) in [4.78, 5) is 44.8. The molecule has 2 heterocycles. The zero-order chi connectivity index (χ0) is 31.7. The molecule has 2 rings (SSSR count). The summed E-state index contributed by atoms with van der Waals surface area (Å²) in [7, 11) is 6.37. The topological polar surface area (TPSA) is 172 Å². The smallest absolute Gasteiger partial charge is 0.350 e. The first-order valence-corrected chi connectivity index (χ1v) is 13.9. The van der Waals surface area contributed by atoms with Crippen molar-refractivity contribution >= 4 is 27.5 Å². The van der Waals surface area contributed by atoms with Crippen molar-refractivity contribution in [3.8, 4) is 11.5 Å². The molecule has 0 radical (unpaired) electrons. The molecule has 0 aliphatic carbocycles. The van der Waals surface area contributed by atoms with Crippen LogP contribution in [0, 0.1) is 0 Å². The van der Waals surface area contributed by atoms with Gasteiger partial charge in [0.25, 0.3) is 0 Å². The molecule has 232 valence electrons. The zero-order valence-electron chi connectivity index (χ0n) is 24.8. The molecule has 13 heteroatoms. The average molecular weight is 650 g/mol. The molecule has 2 aromatic rings. The summed E-state index contributed by atoms with van der Waals surface area (Å²) < 4.78 is 29.8. The molecule has 0 aliphatic heterocycles. The maximum absolute atomic E-state index is 11.7.